The third kappa shape index (κ3) is 4.39. The number of thiazole rings is 2. The first-order valence-corrected chi connectivity index (χ1v) is 15.2. The fourth-order valence-corrected chi connectivity index (χ4v) is 8.36. The summed E-state index contributed by atoms with van der Waals surface area (Å²) in [6.07, 6.45) is 5.20. The number of hydrogen-bond acceptors (Lipinski definition) is 7. The molecule has 0 spiro atoms. The smallest absolute Gasteiger partial charge is 0.274 e. The second kappa shape index (κ2) is 9.98. The number of piperidine rings is 1. The molecule has 200 valence electrons. The van der Waals surface area contributed by atoms with Crippen LogP contribution in [0, 0.1) is 11.7 Å². The number of nitrogens with one attached hydrogen (secondary N) is 1. The van der Waals surface area contributed by atoms with Crippen LogP contribution in [0.2, 0.25) is 0 Å². The molecule has 2 aromatic carbocycles. The number of halogens is 1. The number of carbonyl (C=O) groups is 2. The quantitative estimate of drug-likeness (QED) is 0.333. The molecule has 0 unspecified atom stereocenters. The third-order valence-electron chi connectivity index (χ3n) is 8.35. The molecule has 2 aromatic heterocycles. The van der Waals surface area contributed by atoms with Gasteiger partial charge < -0.3 is 15.1 Å². The van der Waals surface area contributed by atoms with Gasteiger partial charge in [-0.1, -0.05) is 29.5 Å². The van der Waals surface area contributed by atoms with Crippen molar-refractivity contribution in [1.82, 2.24) is 20.2 Å². The minimum atomic E-state index is -0.308. The van der Waals surface area contributed by atoms with E-state index in [9.17, 15) is 14.0 Å². The summed E-state index contributed by atoms with van der Waals surface area (Å²) in [5.41, 5.74) is 4.42. The molecule has 2 aliphatic heterocycles. The molecule has 7 nitrogen and oxygen atoms in total. The predicted octanol–water partition coefficient (Wildman–Crippen LogP) is 5.58. The minimum absolute atomic E-state index is 0.0844. The molecule has 2 amide bonds. The Bertz CT molecular complexity index is 1540. The zero-order chi connectivity index (χ0) is 26.5. The zero-order valence-corrected chi connectivity index (χ0v) is 22.9. The van der Waals surface area contributed by atoms with Gasteiger partial charge in [-0.15, -0.1) is 11.3 Å². The van der Waals surface area contributed by atoms with Crippen LogP contribution in [-0.4, -0.2) is 58.4 Å². The summed E-state index contributed by atoms with van der Waals surface area (Å²) in [5.74, 6) is -0.189. The van der Waals surface area contributed by atoms with Gasteiger partial charge in [-0.3, -0.25) is 9.59 Å². The molecule has 0 radical (unpaired) electrons. The van der Waals surface area contributed by atoms with E-state index in [1.54, 1.807) is 17.6 Å². The van der Waals surface area contributed by atoms with Gasteiger partial charge in [0.05, 0.1) is 32.2 Å². The van der Waals surface area contributed by atoms with Crippen molar-refractivity contribution in [2.24, 2.45) is 5.92 Å². The predicted molar refractivity (Wildman–Crippen MR) is 152 cm³/mol. The van der Waals surface area contributed by atoms with E-state index in [-0.39, 0.29) is 29.7 Å². The molecular formula is C29H28FN5O2S2. The topological polar surface area (TPSA) is 78.4 Å². The lowest BCUT2D eigenvalue weighted by molar-refractivity contribution is 0.0578. The number of fused-ring (bicyclic) bond motifs is 3. The van der Waals surface area contributed by atoms with E-state index in [0.717, 1.165) is 71.0 Å². The number of nitrogens with zero attached hydrogens (tertiary/aromatic N) is 4. The Morgan fingerprint density at radius 3 is 2.72 bits per heavy atom. The van der Waals surface area contributed by atoms with E-state index in [0.29, 0.717) is 23.7 Å². The highest BCUT2D eigenvalue weighted by atomic mass is 32.1. The molecule has 2 bridgehead atoms. The molecule has 4 aromatic rings. The van der Waals surface area contributed by atoms with Gasteiger partial charge in [0, 0.05) is 25.7 Å². The molecule has 10 heteroatoms. The first-order valence-electron chi connectivity index (χ1n) is 13.5. The highest BCUT2D eigenvalue weighted by molar-refractivity contribution is 7.19. The van der Waals surface area contributed by atoms with Crippen molar-refractivity contribution < 1.29 is 14.0 Å². The van der Waals surface area contributed by atoms with Gasteiger partial charge in [0.2, 0.25) is 0 Å². The molecule has 7 rings (SSSR count). The first kappa shape index (κ1) is 24.7. The Morgan fingerprint density at radius 2 is 1.90 bits per heavy atom. The SMILES string of the molecule is O=C(NC[C@H]1[C@@H]2CC[C@@H](C2)N1C(=O)c1nc(N2CCCC2)sc1-c1ccc(F)cc1)c1cccc2ncsc12. The lowest BCUT2D eigenvalue weighted by atomic mass is 9.98. The molecule has 39 heavy (non-hydrogen) atoms. The summed E-state index contributed by atoms with van der Waals surface area (Å²) in [4.78, 5) is 41.7. The van der Waals surface area contributed by atoms with Crippen molar-refractivity contribution in [3.05, 3.63) is 65.0 Å². The van der Waals surface area contributed by atoms with Gasteiger partial charge in [0.25, 0.3) is 11.8 Å². The second-order valence-corrected chi connectivity index (χ2v) is 12.4. The van der Waals surface area contributed by atoms with Gasteiger partial charge in [-0.25, -0.2) is 14.4 Å². The highest BCUT2D eigenvalue weighted by Gasteiger charge is 2.49. The fraction of sp³-hybridized carbons (Fsp3) is 0.379. The molecule has 3 aliphatic rings. The summed E-state index contributed by atoms with van der Waals surface area (Å²) in [7, 11) is 0. The second-order valence-electron chi connectivity index (χ2n) is 10.6. The van der Waals surface area contributed by atoms with E-state index in [1.165, 1.54) is 34.8 Å². The van der Waals surface area contributed by atoms with Crippen LogP contribution in [-0.2, 0) is 0 Å². The Balaban J connectivity index is 1.17. The first-order chi connectivity index (χ1) is 19.1. The van der Waals surface area contributed by atoms with Gasteiger partial charge in [0.15, 0.2) is 5.13 Å². The Hall–Kier alpha value is -3.37. The maximum Gasteiger partial charge on any atom is 0.274 e. The number of likely N-dealkylation sites (tertiary alicyclic amines) is 1. The van der Waals surface area contributed by atoms with E-state index < -0.39 is 0 Å². The average molecular weight is 562 g/mol. The summed E-state index contributed by atoms with van der Waals surface area (Å²) in [6, 6.07) is 11.9. The Labute approximate surface area is 233 Å². The van der Waals surface area contributed by atoms with Crippen LogP contribution in [0.3, 0.4) is 0 Å². The molecule has 2 saturated heterocycles. The van der Waals surface area contributed by atoms with Crippen molar-refractivity contribution in [3.63, 3.8) is 0 Å². The lowest BCUT2D eigenvalue weighted by Gasteiger charge is -2.35. The molecule has 1 saturated carbocycles. The van der Waals surface area contributed by atoms with Crippen molar-refractivity contribution in [2.75, 3.05) is 24.5 Å². The largest absolute Gasteiger partial charge is 0.350 e. The van der Waals surface area contributed by atoms with Crippen LogP contribution in [0.15, 0.2) is 48.0 Å². The van der Waals surface area contributed by atoms with Crippen molar-refractivity contribution in [3.8, 4) is 10.4 Å². The number of benzene rings is 2. The van der Waals surface area contributed by atoms with Crippen LogP contribution in [0.5, 0.6) is 0 Å². The van der Waals surface area contributed by atoms with E-state index >= 15 is 0 Å². The summed E-state index contributed by atoms with van der Waals surface area (Å²) >= 11 is 2.97. The molecule has 3 fully saturated rings. The van der Waals surface area contributed by atoms with Crippen molar-refractivity contribution >= 4 is 49.8 Å². The van der Waals surface area contributed by atoms with Crippen LogP contribution in [0.25, 0.3) is 20.7 Å². The zero-order valence-electron chi connectivity index (χ0n) is 21.3. The fourth-order valence-electron chi connectivity index (χ4n) is 6.45. The van der Waals surface area contributed by atoms with Crippen molar-refractivity contribution in [2.45, 2.75) is 44.2 Å². The van der Waals surface area contributed by atoms with Crippen LogP contribution in [0.1, 0.15) is 53.0 Å². The monoisotopic (exact) mass is 561 g/mol. The van der Waals surface area contributed by atoms with Crippen LogP contribution < -0.4 is 10.2 Å². The molecule has 1 aliphatic carbocycles. The van der Waals surface area contributed by atoms with Crippen molar-refractivity contribution in [1.29, 1.82) is 0 Å². The number of hydrogen-bond donors (Lipinski definition) is 1. The standard InChI is InChI=1S/C29H28FN5O2S2/c30-19-9-6-17(7-10-19)25-24(33-29(39-25)34-12-1-2-13-34)28(37)35-20-11-8-18(14-20)23(35)15-31-27(36)21-4-3-5-22-26(21)38-16-32-22/h3-7,9-10,16,18,20,23H,1-2,8,11-15H2,(H,31,36)/t18-,20+,23+/m1/s1. The maximum absolute atomic E-state index is 14.2. The number of aromatic nitrogens is 2. The van der Waals surface area contributed by atoms with Gasteiger partial charge >= 0.3 is 0 Å². The van der Waals surface area contributed by atoms with E-state index in [2.05, 4.69) is 15.2 Å². The molecule has 4 heterocycles. The van der Waals surface area contributed by atoms with Gasteiger partial charge in [0.1, 0.15) is 11.5 Å². The maximum atomic E-state index is 14.2. The summed E-state index contributed by atoms with van der Waals surface area (Å²) < 4.78 is 14.6. The third-order valence-corrected chi connectivity index (χ3v) is 10.4. The van der Waals surface area contributed by atoms with Crippen LogP contribution >= 0.6 is 22.7 Å². The molecule has 3 atom stereocenters. The Kier molecular flexibility index (Phi) is 6.31. The van der Waals surface area contributed by atoms with E-state index in [1.807, 2.05) is 23.1 Å². The van der Waals surface area contributed by atoms with Gasteiger partial charge in [-0.2, -0.15) is 0 Å². The average Bonchev–Trinajstić information content (AvgIpc) is 3.78. The number of anilines is 1. The molecular weight excluding hydrogens is 533 g/mol. The normalized spacial score (nSPS) is 22.2. The van der Waals surface area contributed by atoms with Crippen LogP contribution in [0.4, 0.5) is 9.52 Å². The Morgan fingerprint density at radius 1 is 1.08 bits per heavy atom. The highest BCUT2D eigenvalue weighted by Crippen LogP contribution is 2.45. The minimum Gasteiger partial charge on any atom is -0.350 e. The lowest BCUT2D eigenvalue weighted by Crippen LogP contribution is -2.50. The van der Waals surface area contributed by atoms with E-state index in [4.69, 9.17) is 4.98 Å². The summed E-state index contributed by atoms with van der Waals surface area (Å²) in [5, 5.41) is 3.97. The number of carbonyl (C=O) groups excluding carboxylic acids is 2. The van der Waals surface area contributed by atoms with Gasteiger partial charge in [-0.05, 0) is 67.9 Å². The number of rotatable bonds is 6. The summed E-state index contributed by atoms with van der Waals surface area (Å²) in [6.45, 7) is 2.26. The number of amides is 2. The molecule has 1 N–H and O–H groups in total.